The molecule has 1 atom stereocenters. The number of thiocarbonyl (C=S) groups is 1. The molecule has 0 fully saturated rings. The molecule has 3 N–H and O–H groups in total. The number of nitrogens with zero attached hydrogens (tertiary/aromatic N) is 2. The Hall–Kier alpha value is -2.98. The average molecular weight is 545 g/mol. The Bertz CT molecular complexity index is 1210. The van der Waals surface area contributed by atoms with E-state index in [0.717, 1.165) is 5.56 Å². The van der Waals surface area contributed by atoms with E-state index < -0.39 is 20.2 Å². The van der Waals surface area contributed by atoms with Gasteiger partial charge < -0.3 is 24.7 Å². The molecule has 0 bridgehead atoms. The predicted octanol–water partition coefficient (Wildman–Crippen LogP) is 7.19. The van der Waals surface area contributed by atoms with Crippen LogP contribution in [0.2, 0.25) is 16.6 Å². The number of aromatic nitrogens is 2. The van der Waals surface area contributed by atoms with Crippen LogP contribution in [0.15, 0.2) is 40.9 Å². The zero-order valence-corrected chi connectivity index (χ0v) is 24.6. The Balaban J connectivity index is 2.01. The first-order valence-electron chi connectivity index (χ1n) is 12.4. The molecule has 0 saturated carbocycles. The quantitative estimate of drug-likeness (QED) is 0.193. The minimum Gasteiger partial charge on any atom is -0.541 e. The Morgan fingerprint density at radius 2 is 1.65 bits per heavy atom. The fraction of sp³-hybridized carbons (Fsp3) is 0.444. The largest absolute Gasteiger partial charge is 0.541 e. The summed E-state index contributed by atoms with van der Waals surface area (Å²) in [6.07, 6.45) is 0. The lowest BCUT2D eigenvalue weighted by Crippen LogP contribution is -2.51. The molecule has 7 nitrogen and oxygen atoms in total. The first-order valence-corrected chi connectivity index (χ1v) is 15.0. The van der Waals surface area contributed by atoms with E-state index in [9.17, 15) is 0 Å². The van der Waals surface area contributed by atoms with Crippen molar-refractivity contribution in [3.8, 4) is 22.9 Å². The number of methoxy groups -OCH3 is 1. The molecule has 0 amide bonds. The second kappa shape index (κ2) is 11.6. The van der Waals surface area contributed by atoms with E-state index in [1.807, 2.05) is 24.3 Å². The van der Waals surface area contributed by atoms with Crippen LogP contribution in [0, 0.1) is 12.7 Å². The van der Waals surface area contributed by atoms with Crippen molar-refractivity contribution < 1.29 is 18.1 Å². The van der Waals surface area contributed by atoms with Crippen LogP contribution < -0.4 is 20.2 Å². The number of nitrogens with one attached hydrogen (secondary N) is 1. The minimum atomic E-state index is -2.43. The van der Waals surface area contributed by atoms with Crippen LogP contribution in [0.25, 0.3) is 11.4 Å². The van der Waals surface area contributed by atoms with E-state index in [0.29, 0.717) is 23.2 Å². The summed E-state index contributed by atoms with van der Waals surface area (Å²) >= 11 is 5.36. The molecule has 2 aromatic carbocycles. The third-order valence-electron chi connectivity index (χ3n) is 6.85. The molecular formula is C27H37FN4O3SSi. The molecule has 10 heteroatoms. The van der Waals surface area contributed by atoms with Crippen LogP contribution in [0.1, 0.15) is 59.0 Å². The van der Waals surface area contributed by atoms with Crippen LogP contribution >= 0.6 is 12.2 Å². The number of halogens is 1. The molecule has 0 aliphatic heterocycles. The number of rotatable bonds is 11. The molecule has 1 heterocycles. The molecule has 200 valence electrons. The lowest BCUT2D eigenvalue weighted by atomic mass is 10.0. The summed E-state index contributed by atoms with van der Waals surface area (Å²) < 4.78 is 33.4. The van der Waals surface area contributed by atoms with E-state index in [2.05, 4.69) is 57.0 Å². The zero-order chi connectivity index (χ0) is 27.5. The zero-order valence-electron chi connectivity index (χ0n) is 22.8. The van der Waals surface area contributed by atoms with Gasteiger partial charge in [-0.05, 0) is 47.0 Å². The molecule has 0 spiro atoms. The highest BCUT2D eigenvalue weighted by Crippen LogP contribution is 2.44. The Morgan fingerprint density at radius 3 is 2.11 bits per heavy atom. The van der Waals surface area contributed by atoms with Crippen molar-refractivity contribution in [3.63, 3.8) is 0 Å². The van der Waals surface area contributed by atoms with Gasteiger partial charge in [-0.3, -0.25) is 0 Å². The van der Waals surface area contributed by atoms with Crippen LogP contribution in [-0.4, -0.2) is 30.6 Å². The summed E-state index contributed by atoms with van der Waals surface area (Å²) in [5.74, 6) is 1.11. The number of ether oxygens (including phenoxy) is 1. The summed E-state index contributed by atoms with van der Waals surface area (Å²) in [7, 11) is -0.889. The molecule has 1 unspecified atom stereocenters. The van der Waals surface area contributed by atoms with Crippen molar-refractivity contribution in [2.75, 3.05) is 12.4 Å². The summed E-state index contributed by atoms with van der Waals surface area (Å²) in [6, 6.07) is 9.77. The summed E-state index contributed by atoms with van der Waals surface area (Å²) in [5, 5.41) is 7.20. The SMILES string of the molecule is COc1cc(O[Si](C(C)C)(C(C)C)C(C)C)c(F)c(C(Nc2ccc(-c3noc(C)n3)cc2)C(N)=S)c1. The van der Waals surface area contributed by atoms with Crippen LogP contribution in [0.5, 0.6) is 11.5 Å². The number of hydrogen-bond donors (Lipinski definition) is 2. The number of nitrogens with two attached hydrogens (primary N) is 1. The van der Waals surface area contributed by atoms with Crippen molar-refractivity contribution in [1.82, 2.24) is 10.1 Å². The molecule has 0 radical (unpaired) electrons. The number of hydrogen-bond acceptors (Lipinski definition) is 7. The Kier molecular flexibility index (Phi) is 8.96. The fourth-order valence-corrected chi connectivity index (χ4v) is 10.6. The van der Waals surface area contributed by atoms with Gasteiger partial charge in [0.15, 0.2) is 5.82 Å². The Morgan fingerprint density at radius 1 is 1.05 bits per heavy atom. The summed E-state index contributed by atoms with van der Waals surface area (Å²) in [4.78, 5) is 4.33. The van der Waals surface area contributed by atoms with Gasteiger partial charge in [0.25, 0.3) is 8.32 Å². The lowest BCUT2D eigenvalue weighted by molar-refractivity contribution is 0.394. The van der Waals surface area contributed by atoms with Gasteiger partial charge in [0.2, 0.25) is 11.7 Å². The number of anilines is 1. The predicted molar refractivity (Wildman–Crippen MR) is 152 cm³/mol. The van der Waals surface area contributed by atoms with Gasteiger partial charge in [-0.1, -0.05) is 58.9 Å². The van der Waals surface area contributed by atoms with Crippen molar-refractivity contribution in [2.24, 2.45) is 5.73 Å². The number of aryl methyl sites for hydroxylation is 1. The monoisotopic (exact) mass is 544 g/mol. The first kappa shape index (κ1) is 28.6. The van der Waals surface area contributed by atoms with Crippen molar-refractivity contribution in [1.29, 1.82) is 0 Å². The molecular weight excluding hydrogens is 507 g/mol. The van der Waals surface area contributed by atoms with Gasteiger partial charge in [-0.25, -0.2) is 4.39 Å². The highest BCUT2D eigenvalue weighted by Gasteiger charge is 2.47. The molecule has 0 aliphatic rings. The minimum absolute atomic E-state index is 0.0936. The van der Waals surface area contributed by atoms with Crippen molar-refractivity contribution >= 4 is 31.2 Å². The van der Waals surface area contributed by atoms with E-state index in [1.165, 1.54) is 0 Å². The molecule has 3 aromatic rings. The fourth-order valence-electron chi connectivity index (χ4n) is 5.14. The highest BCUT2D eigenvalue weighted by molar-refractivity contribution is 7.80. The molecule has 1 aromatic heterocycles. The molecule has 0 saturated heterocycles. The Labute approximate surface area is 225 Å². The summed E-state index contributed by atoms with van der Waals surface area (Å²) in [6.45, 7) is 14.7. The van der Waals surface area contributed by atoms with Gasteiger partial charge in [0.1, 0.15) is 22.5 Å². The van der Waals surface area contributed by atoms with E-state index >= 15 is 4.39 Å². The molecule has 0 aliphatic carbocycles. The maximum absolute atomic E-state index is 16.2. The van der Waals surface area contributed by atoms with Crippen molar-refractivity contribution in [2.45, 2.75) is 71.1 Å². The van der Waals surface area contributed by atoms with E-state index in [-0.39, 0.29) is 32.9 Å². The smallest absolute Gasteiger partial charge is 0.258 e. The summed E-state index contributed by atoms with van der Waals surface area (Å²) in [5.41, 5.74) is 8.68. The van der Waals surface area contributed by atoms with Crippen LogP contribution in [0.3, 0.4) is 0 Å². The second-order valence-electron chi connectivity index (χ2n) is 10.1. The maximum Gasteiger partial charge on any atom is 0.258 e. The topological polar surface area (TPSA) is 95.4 Å². The number of benzene rings is 2. The first-order chi connectivity index (χ1) is 17.4. The van der Waals surface area contributed by atoms with Crippen molar-refractivity contribution in [3.05, 3.63) is 53.7 Å². The van der Waals surface area contributed by atoms with Gasteiger partial charge >= 0.3 is 0 Å². The average Bonchev–Trinajstić information content (AvgIpc) is 3.27. The standard InChI is InChI=1S/C27H37FN4O3SSi/c1-15(2)37(16(3)4,17(5)6)35-23-14-21(33-8)13-22(24(23)28)25(26(29)36)31-20-11-9-19(10-12-20)27-30-18(7)34-32-27/h9-17,25,31H,1-8H3,(H2,29,36). The normalized spacial score (nSPS) is 12.8. The van der Waals surface area contributed by atoms with Crippen LogP contribution in [-0.2, 0) is 0 Å². The highest BCUT2D eigenvalue weighted by atomic mass is 32.1. The van der Waals surface area contributed by atoms with E-state index in [4.69, 9.17) is 31.6 Å². The van der Waals surface area contributed by atoms with Gasteiger partial charge in [0.05, 0.1) is 7.11 Å². The maximum atomic E-state index is 16.2. The molecule has 37 heavy (non-hydrogen) atoms. The van der Waals surface area contributed by atoms with Crippen LogP contribution in [0.4, 0.5) is 10.1 Å². The third kappa shape index (κ3) is 5.96. The van der Waals surface area contributed by atoms with Gasteiger partial charge in [-0.15, -0.1) is 0 Å². The lowest BCUT2D eigenvalue weighted by Gasteiger charge is -2.42. The molecule has 3 rings (SSSR count). The van der Waals surface area contributed by atoms with Gasteiger partial charge in [-0.2, -0.15) is 4.98 Å². The van der Waals surface area contributed by atoms with E-state index in [1.54, 1.807) is 26.2 Å². The second-order valence-corrected chi connectivity index (χ2v) is 16.0. The van der Waals surface area contributed by atoms with Gasteiger partial charge in [0, 0.05) is 29.8 Å². The third-order valence-corrected chi connectivity index (χ3v) is 13.1.